The van der Waals surface area contributed by atoms with Gasteiger partial charge in [-0.3, -0.25) is 4.79 Å². The first-order valence-electron chi connectivity index (χ1n) is 7.78. The summed E-state index contributed by atoms with van der Waals surface area (Å²) in [5.74, 6) is 1.34. The van der Waals surface area contributed by atoms with E-state index in [0.29, 0.717) is 33.5 Å². The Kier molecular flexibility index (Phi) is 4.95. The zero-order valence-electron chi connectivity index (χ0n) is 14.8. The van der Waals surface area contributed by atoms with Gasteiger partial charge >= 0.3 is 0 Å². The van der Waals surface area contributed by atoms with Crippen molar-refractivity contribution in [1.29, 1.82) is 0 Å². The number of furan rings is 1. The van der Waals surface area contributed by atoms with Crippen molar-refractivity contribution < 1.29 is 23.4 Å². The summed E-state index contributed by atoms with van der Waals surface area (Å²) in [5, 5.41) is 3.98. The number of aryl methyl sites for hydroxylation is 1. The molecule has 1 aromatic heterocycles. The monoisotopic (exact) mass is 375 g/mol. The van der Waals surface area contributed by atoms with Crippen LogP contribution in [-0.4, -0.2) is 27.2 Å². The molecule has 3 aromatic rings. The number of carbonyl (C=O) groups is 1. The van der Waals surface area contributed by atoms with Gasteiger partial charge in [-0.15, -0.1) is 0 Å². The van der Waals surface area contributed by atoms with Crippen LogP contribution in [0.4, 0.5) is 5.69 Å². The zero-order valence-corrected chi connectivity index (χ0v) is 15.6. The average Bonchev–Trinajstić information content (AvgIpc) is 2.98. The lowest BCUT2D eigenvalue weighted by Gasteiger charge is -2.12. The third-order valence-electron chi connectivity index (χ3n) is 4.07. The van der Waals surface area contributed by atoms with E-state index in [1.54, 1.807) is 31.4 Å². The van der Waals surface area contributed by atoms with Crippen LogP contribution in [0.15, 0.2) is 34.7 Å². The van der Waals surface area contributed by atoms with Crippen molar-refractivity contribution >= 4 is 34.2 Å². The Balaban J connectivity index is 1.98. The Morgan fingerprint density at radius 3 is 2.42 bits per heavy atom. The smallest absolute Gasteiger partial charge is 0.291 e. The van der Waals surface area contributed by atoms with Crippen molar-refractivity contribution in [3.63, 3.8) is 0 Å². The molecule has 0 spiro atoms. The van der Waals surface area contributed by atoms with Crippen LogP contribution in [-0.2, 0) is 0 Å². The second-order valence-corrected chi connectivity index (χ2v) is 5.97. The van der Waals surface area contributed by atoms with Crippen LogP contribution in [0, 0.1) is 6.92 Å². The number of fused-ring (bicyclic) bond motifs is 1. The second-order valence-electron chi connectivity index (χ2n) is 5.56. The minimum absolute atomic E-state index is 0.212. The summed E-state index contributed by atoms with van der Waals surface area (Å²) in [4.78, 5) is 12.7. The number of carbonyl (C=O) groups excluding carboxylic acids is 1. The molecule has 0 saturated heterocycles. The first kappa shape index (κ1) is 17.9. The van der Waals surface area contributed by atoms with E-state index >= 15 is 0 Å². The lowest BCUT2D eigenvalue weighted by molar-refractivity contribution is 0.0997. The Morgan fingerprint density at radius 1 is 1.04 bits per heavy atom. The summed E-state index contributed by atoms with van der Waals surface area (Å²) < 4.78 is 21.4. The van der Waals surface area contributed by atoms with Gasteiger partial charge in [0.1, 0.15) is 22.8 Å². The van der Waals surface area contributed by atoms with Crippen molar-refractivity contribution in [2.75, 3.05) is 26.6 Å². The Hall–Kier alpha value is -2.86. The van der Waals surface area contributed by atoms with Crippen LogP contribution in [0.5, 0.6) is 17.2 Å². The number of hydrogen-bond acceptors (Lipinski definition) is 5. The fourth-order valence-corrected chi connectivity index (χ4v) is 2.91. The molecule has 26 heavy (non-hydrogen) atoms. The largest absolute Gasteiger partial charge is 0.497 e. The summed E-state index contributed by atoms with van der Waals surface area (Å²) in [6.45, 7) is 1.82. The van der Waals surface area contributed by atoms with E-state index in [0.717, 1.165) is 10.9 Å². The molecule has 1 heterocycles. The number of ether oxygens (including phenoxy) is 3. The molecule has 0 aliphatic carbocycles. The van der Waals surface area contributed by atoms with Crippen molar-refractivity contribution in [2.24, 2.45) is 0 Å². The van der Waals surface area contributed by atoms with Gasteiger partial charge in [0.15, 0.2) is 5.76 Å². The number of hydrogen-bond donors (Lipinski definition) is 1. The standard InChI is InChI=1S/C19H18ClNO5/c1-10-12-7-11(23-2)5-6-15(12)26-18(10)19(22)21-14-9-16(24-3)13(20)8-17(14)25-4/h5-9H,1-4H3,(H,21,22). The number of rotatable bonds is 5. The lowest BCUT2D eigenvalue weighted by Crippen LogP contribution is -2.13. The van der Waals surface area contributed by atoms with Gasteiger partial charge in [0.25, 0.3) is 5.91 Å². The number of halogens is 1. The molecule has 3 rings (SSSR count). The van der Waals surface area contributed by atoms with Crippen molar-refractivity contribution in [1.82, 2.24) is 0 Å². The Bertz CT molecular complexity index is 980. The van der Waals surface area contributed by atoms with Crippen LogP contribution in [0.3, 0.4) is 0 Å². The molecular weight excluding hydrogens is 358 g/mol. The minimum atomic E-state index is -0.402. The molecule has 0 atom stereocenters. The minimum Gasteiger partial charge on any atom is -0.497 e. The summed E-state index contributed by atoms with van der Waals surface area (Å²) >= 11 is 6.09. The molecule has 0 radical (unpaired) electrons. The fourth-order valence-electron chi connectivity index (χ4n) is 2.68. The SMILES string of the molecule is COc1ccc2oc(C(=O)Nc3cc(OC)c(Cl)cc3OC)c(C)c2c1. The maximum absolute atomic E-state index is 12.7. The molecule has 1 amide bonds. The first-order chi connectivity index (χ1) is 12.5. The number of methoxy groups -OCH3 is 3. The highest BCUT2D eigenvalue weighted by atomic mass is 35.5. The van der Waals surface area contributed by atoms with E-state index in [2.05, 4.69) is 5.32 Å². The van der Waals surface area contributed by atoms with Gasteiger partial charge in [-0.25, -0.2) is 0 Å². The Labute approximate surface area is 155 Å². The van der Waals surface area contributed by atoms with Crippen molar-refractivity contribution in [2.45, 2.75) is 6.92 Å². The van der Waals surface area contributed by atoms with Crippen molar-refractivity contribution in [3.8, 4) is 17.2 Å². The fraction of sp³-hybridized carbons (Fsp3) is 0.211. The molecule has 0 unspecified atom stereocenters. The van der Waals surface area contributed by atoms with Gasteiger partial charge in [0.05, 0.1) is 32.0 Å². The third-order valence-corrected chi connectivity index (χ3v) is 4.37. The maximum Gasteiger partial charge on any atom is 0.291 e. The normalized spacial score (nSPS) is 10.7. The van der Waals surface area contributed by atoms with Crippen molar-refractivity contribution in [3.05, 3.63) is 46.7 Å². The van der Waals surface area contributed by atoms with Gasteiger partial charge in [0.2, 0.25) is 0 Å². The molecule has 136 valence electrons. The number of benzene rings is 2. The number of amides is 1. The third kappa shape index (κ3) is 3.15. The quantitative estimate of drug-likeness (QED) is 0.701. The average molecular weight is 376 g/mol. The van der Waals surface area contributed by atoms with Gasteiger partial charge in [0, 0.05) is 23.1 Å². The molecule has 6 nitrogen and oxygen atoms in total. The summed E-state index contributed by atoms with van der Waals surface area (Å²) in [5.41, 5.74) is 1.75. The van der Waals surface area contributed by atoms with E-state index in [9.17, 15) is 4.79 Å². The number of anilines is 1. The molecule has 0 aliphatic heterocycles. The van der Waals surface area contributed by atoms with Gasteiger partial charge in [-0.1, -0.05) is 11.6 Å². The van der Waals surface area contributed by atoms with E-state index in [4.69, 9.17) is 30.2 Å². The Morgan fingerprint density at radius 2 is 1.77 bits per heavy atom. The molecule has 0 saturated carbocycles. The van der Waals surface area contributed by atoms with E-state index in [-0.39, 0.29) is 5.76 Å². The van der Waals surface area contributed by atoms with Crippen LogP contribution in [0.1, 0.15) is 16.1 Å². The maximum atomic E-state index is 12.7. The van der Waals surface area contributed by atoms with E-state index in [1.165, 1.54) is 14.2 Å². The molecule has 0 aliphatic rings. The van der Waals surface area contributed by atoms with Gasteiger partial charge in [-0.2, -0.15) is 0 Å². The lowest BCUT2D eigenvalue weighted by atomic mass is 10.1. The summed E-state index contributed by atoms with van der Waals surface area (Å²) in [6.07, 6.45) is 0. The zero-order chi connectivity index (χ0) is 18.8. The highest BCUT2D eigenvalue weighted by Crippen LogP contribution is 2.36. The topological polar surface area (TPSA) is 69.9 Å². The predicted molar refractivity (Wildman–Crippen MR) is 100 cm³/mol. The molecule has 2 aromatic carbocycles. The highest BCUT2D eigenvalue weighted by Gasteiger charge is 2.20. The predicted octanol–water partition coefficient (Wildman–Crippen LogP) is 4.67. The molecule has 0 fully saturated rings. The second kappa shape index (κ2) is 7.17. The first-order valence-corrected chi connectivity index (χ1v) is 8.16. The van der Waals surface area contributed by atoms with Crippen LogP contribution >= 0.6 is 11.6 Å². The molecular formula is C19H18ClNO5. The molecule has 7 heteroatoms. The molecule has 1 N–H and O–H groups in total. The highest BCUT2D eigenvalue weighted by molar-refractivity contribution is 6.32. The van der Waals surface area contributed by atoms with Crippen LogP contribution < -0.4 is 19.5 Å². The van der Waals surface area contributed by atoms with E-state index < -0.39 is 5.91 Å². The van der Waals surface area contributed by atoms with E-state index in [1.807, 2.05) is 13.0 Å². The van der Waals surface area contributed by atoms with Crippen LogP contribution in [0.25, 0.3) is 11.0 Å². The summed E-state index contributed by atoms with van der Waals surface area (Å²) in [6, 6.07) is 8.55. The molecule has 0 bridgehead atoms. The van der Waals surface area contributed by atoms with Gasteiger partial charge in [-0.05, 0) is 25.1 Å². The summed E-state index contributed by atoms with van der Waals surface area (Å²) in [7, 11) is 4.58. The number of nitrogens with one attached hydrogen (secondary N) is 1. The van der Waals surface area contributed by atoms with Gasteiger partial charge < -0.3 is 23.9 Å². The van der Waals surface area contributed by atoms with Crippen LogP contribution in [0.2, 0.25) is 5.02 Å².